The molecule has 0 aliphatic carbocycles. The minimum atomic E-state index is -1.14. The molecular formula is C7H10O2S. The highest BCUT2D eigenvalue weighted by Crippen LogP contribution is 2.17. The molecule has 1 aliphatic heterocycles. The first-order chi connectivity index (χ1) is 4.72. The first-order valence-electron chi connectivity index (χ1n) is 3.24. The molecule has 0 aromatic rings. The van der Waals surface area contributed by atoms with Gasteiger partial charge in [-0.15, -0.1) is 12.3 Å². The first kappa shape index (κ1) is 7.77. The fourth-order valence-corrected chi connectivity index (χ4v) is 2.10. The van der Waals surface area contributed by atoms with E-state index in [9.17, 15) is 4.21 Å². The molecule has 3 atom stereocenters. The van der Waals surface area contributed by atoms with E-state index < -0.39 is 11.1 Å². The number of hydrogen-bond donors (Lipinski definition) is 0. The average Bonchev–Trinajstić information content (AvgIpc) is 1.85. The minimum absolute atomic E-state index is 0.0515. The van der Waals surface area contributed by atoms with E-state index in [2.05, 4.69) is 5.92 Å². The summed E-state index contributed by atoms with van der Waals surface area (Å²) in [6.45, 7) is 1.89. The van der Waals surface area contributed by atoms with Crippen LogP contribution in [0.1, 0.15) is 13.3 Å². The van der Waals surface area contributed by atoms with Crippen LogP contribution >= 0.6 is 0 Å². The first-order valence-corrected chi connectivity index (χ1v) is 4.48. The van der Waals surface area contributed by atoms with Crippen LogP contribution in [0.25, 0.3) is 0 Å². The molecule has 0 spiro atoms. The maximum atomic E-state index is 10.8. The summed E-state index contributed by atoms with van der Waals surface area (Å²) >= 11 is -1.14. The summed E-state index contributed by atoms with van der Waals surface area (Å²) in [6.07, 6.45) is 6.07. The van der Waals surface area contributed by atoms with E-state index >= 15 is 0 Å². The smallest absolute Gasteiger partial charge is 0.156 e. The van der Waals surface area contributed by atoms with E-state index in [0.29, 0.717) is 5.75 Å². The molecule has 1 saturated heterocycles. The fraction of sp³-hybridized carbons (Fsp3) is 0.714. The lowest BCUT2D eigenvalue weighted by Crippen LogP contribution is -2.26. The average molecular weight is 158 g/mol. The standard InChI is InChI=1S/C7H10O2S/c1-3-7-4-6(2)9-10(8)5-7/h1,6-7H,4-5H2,2H3. The highest BCUT2D eigenvalue weighted by Gasteiger charge is 2.22. The lowest BCUT2D eigenvalue weighted by molar-refractivity contribution is 0.204. The van der Waals surface area contributed by atoms with E-state index in [1.807, 2.05) is 6.92 Å². The van der Waals surface area contributed by atoms with Crippen molar-refractivity contribution in [1.82, 2.24) is 0 Å². The summed E-state index contributed by atoms with van der Waals surface area (Å²) in [5.74, 6) is 3.24. The molecule has 2 nitrogen and oxygen atoms in total. The molecule has 0 amide bonds. The Morgan fingerprint density at radius 2 is 2.50 bits per heavy atom. The summed E-state index contributed by atoms with van der Waals surface area (Å²) in [4.78, 5) is 0. The van der Waals surface area contributed by atoms with Crippen LogP contribution in [-0.2, 0) is 15.3 Å². The molecule has 3 unspecified atom stereocenters. The molecular weight excluding hydrogens is 148 g/mol. The third kappa shape index (κ3) is 1.83. The highest BCUT2D eigenvalue weighted by atomic mass is 32.2. The van der Waals surface area contributed by atoms with Crippen molar-refractivity contribution >= 4 is 11.1 Å². The van der Waals surface area contributed by atoms with E-state index in [1.54, 1.807) is 0 Å². The molecule has 0 radical (unpaired) electrons. The third-order valence-corrected chi connectivity index (χ3v) is 2.68. The molecule has 1 fully saturated rings. The van der Waals surface area contributed by atoms with E-state index in [-0.39, 0.29) is 12.0 Å². The van der Waals surface area contributed by atoms with E-state index in [4.69, 9.17) is 10.6 Å². The van der Waals surface area contributed by atoms with Crippen LogP contribution in [0.5, 0.6) is 0 Å². The van der Waals surface area contributed by atoms with Crippen LogP contribution < -0.4 is 0 Å². The van der Waals surface area contributed by atoms with Crippen molar-refractivity contribution in [3.8, 4) is 12.3 Å². The molecule has 1 aliphatic rings. The van der Waals surface area contributed by atoms with Crippen molar-refractivity contribution in [2.24, 2.45) is 5.92 Å². The Hall–Kier alpha value is -0.330. The largest absolute Gasteiger partial charge is 0.287 e. The maximum Gasteiger partial charge on any atom is 0.156 e. The second-order valence-electron chi connectivity index (χ2n) is 2.48. The quantitative estimate of drug-likeness (QED) is 0.485. The van der Waals surface area contributed by atoms with Gasteiger partial charge in [-0.2, -0.15) is 0 Å². The Morgan fingerprint density at radius 1 is 1.80 bits per heavy atom. The second kappa shape index (κ2) is 3.18. The number of terminal acetylenes is 1. The lowest BCUT2D eigenvalue weighted by atomic mass is 10.1. The van der Waals surface area contributed by atoms with Gasteiger partial charge in [-0.1, -0.05) is 0 Å². The van der Waals surface area contributed by atoms with Crippen LogP contribution in [0.2, 0.25) is 0 Å². The maximum absolute atomic E-state index is 10.8. The third-order valence-electron chi connectivity index (χ3n) is 1.46. The predicted molar refractivity (Wildman–Crippen MR) is 40.5 cm³/mol. The Kier molecular flexibility index (Phi) is 2.47. The van der Waals surface area contributed by atoms with Crippen molar-refractivity contribution in [2.45, 2.75) is 19.4 Å². The van der Waals surface area contributed by atoms with Crippen LogP contribution in [-0.4, -0.2) is 16.1 Å². The van der Waals surface area contributed by atoms with Gasteiger partial charge >= 0.3 is 0 Å². The highest BCUT2D eigenvalue weighted by molar-refractivity contribution is 7.80. The van der Waals surface area contributed by atoms with Crippen molar-refractivity contribution in [3.63, 3.8) is 0 Å². The summed E-state index contributed by atoms with van der Waals surface area (Å²) in [5, 5.41) is 0. The zero-order valence-corrected chi connectivity index (χ0v) is 6.69. The van der Waals surface area contributed by atoms with Crippen LogP contribution in [0.4, 0.5) is 0 Å². The van der Waals surface area contributed by atoms with Gasteiger partial charge < -0.3 is 0 Å². The molecule has 56 valence electrons. The molecule has 0 saturated carbocycles. The van der Waals surface area contributed by atoms with Gasteiger partial charge in [0, 0.05) is 5.92 Å². The van der Waals surface area contributed by atoms with Crippen molar-refractivity contribution in [2.75, 3.05) is 5.75 Å². The molecule has 0 aromatic carbocycles. The number of hydrogen-bond acceptors (Lipinski definition) is 2. The van der Waals surface area contributed by atoms with Crippen molar-refractivity contribution in [3.05, 3.63) is 0 Å². The Morgan fingerprint density at radius 3 is 3.00 bits per heavy atom. The predicted octanol–water partition coefficient (Wildman–Crippen LogP) is 0.708. The minimum Gasteiger partial charge on any atom is -0.287 e. The Balaban J connectivity index is 2.52. The Bertz CT molecular complexity index is 183. The molecule has 1 heterocycles. The molecule has 0 N–H and O–H groups in total. The van der Waals surface area contributed by atoms with Crippen LogP contribution in [0, 0.1) is 18.3 Å². The van der Waals surface area contributed by atoms with Crippen LogP contribution in [0.15, 0.2) is 0 Å². The van der Waals surface area contributed by atoms with Gasteiger partial charge in [0.05, 0.1) is 11.9 Å². The van der Waals surface area contributed by atoms with Gasteiger partial charge in [-0.05, 0) is 13.3 Å². The molecule has 1 rings (SSSR count). The van der Waals surface area contributed by atoms with Gasteiger partial charge in [0.1, 0.15) is 0 Å². The van der Waals surface area contributed by atoms with Gasteiger partial charge in [-0.3, -0.25) is 4.18 Å². The fourth-order valence-electron chi connectivity index (χ4n) is 1.01. The monoisotopic (exact) mass is 158 g/mol. The molecule has 0 aromatic heterocycles. The van der Waals surface area contributed by atoms with Crippen molar-refractivity contribution in [1.29, 1.82) is 0 Å². The zero-order chi connectivity index (χ0) is 7.56. The molecule has 10 heavy (non-hydrogen) atoms. The van der Waals surface area contributed by atoms with Gasteiger partial charge in [0.15, 0.2) is 11.1 Å². The van der Waals surface area contributed by atoms with Crippen LogP contribution in [0.3, 0.4) is 0 Å². The van der Waals surface area contributed by atoms with Crippen molar-refractivity contribution < 1.29 is 8.39 Å². The lowest BCUT2D eigenvalue weighted by Gasteiger charge is -2.21. The molecule has 3 heteroatoms. The van der Waals surface area contributed by atoms with Gasteiger partial charge in [-0.25, -0.2) is 4.21 Å². The summed E-state index contributed by atoms with van der Waals surface area (Å²) in [6, 6.07) is 0. The summed E-state index contributed by atoms with van der Waals surface area (Å²) in [7, 11) is 0. The molecule has 0 bridgehead atoms. The van der Waals surface area contributed by atoms with Gasteiger partial charge in [0.2, 0.25) is 0 Å². The van der Waals surface area contributed by atoms with Gasteiger partial charge in [0.25, 0.3) is 0 Å². The zero-order valence-electron chi connectivity index (χ0n) is 5.87. The normalized spacial score (nSPS) is 40.6. The van der Waals surface area contributed by atoms with E-state index in [1.165, 1.54) is 0 Å². The van der Waals surface area contributed by atoms with E-state index in [0.717, 1.165) is 6.42 Å². The second-order valence-corrected chi connectivity index (χ2v) is 3.61. The SMILES string of the molecule is C#CC1CC(C)OS(=O)C1. The Labute approximate surface area is 63.6 Å². The number of rotatable bonds is 0. The summed E-state index contributed by atoms with van der Waals surface area (Å²) < 4.78 is 15.8. The summed E-state index contributed by atoms with van der Waals surface area (Å²) in [5.41, 5.74) is 0. The topological polar surface area (TPSA) is 26.3 Å².